The van der Waals surface area contributed by atoms with Crippen LogP contribution in [0.4, 0.5) is 0 Å². The van der Waals surface area contributed by atoms with E-state index >= 15 is 0 Å². The molecule has 140 valence electrons. The summed E-state index contributed by atoms with van der Waals surface area (Å²) in [4.78, 5) is 14.4. The van der Waals surface area contributed by atoms with Crippen molar-refractivity contribution < 1.29 is 19.0 Å². The highest BCUT2D eigenvalue weighted by Crippen LogP contribution is 2.31. The standard InChI is InChI=1S/C19H28BrNO4/c1-15(22)17-12-16(14-21-7-10-24-11-8-21)18(23-2)13-19(17)25-9-5-3-4-6-20/h12-13H,3-11,14H2,1-2H3. The monoisotopic (exact) mass is 413 g/mol. The maximum absolute atomic E-state index is 12.1. The first-order valence-corrected chi connectivity index (χ1v) is 9.98. The molecule has 1 saturated heterocycles. The minimum atomic E-state index is 0.0151. The first-order chi connectivity index (χ1) is 12.2. The fraction of sp³-hybridized carbons (Fsp3) is 0.632. The largest absolute Gasteiger partial charge is 0.496 e. The van der Waals surface area contributed by atoms with Crippen LogP contribution in [0.15, 0.2) is 12.1 Å². The topological polar surface area (TPSA) is 48.0 Å². The highest BCUT2D eigenvalue weighted by atomic mass is 79.9. The third-order valence-electron chi connectivity index (χ3n) is 4.30. The number of ether oxygens (including phenoxy) is 3. The van der Waals surface area contributed by atoms with Gasteiger partial charge in [-0.15, -0.1) is 0 Å². The van der Waals surface area contributed by atoms with Crippen molar-refractivity contribution in [3.05, 3.63) is 23.3 Å². The van der Waals surface area contributed by atoms with Crippen molar-refractivity contribution in [2.24, 2.45) is 0 Å². The molecular formula is C19H28BrNO4. The number of methoxy groups -OCH3 is 1. The summed E-state index contributed by atoms with van der Waals surface area (Å²) in [5, 5.41) is 1.01. The zero-order valence-corrected chi connectivity index (χ0v) is 16.8. The van der Waals surface area contributed by atoms with Gasteiger partial charge in [-0.1, -0.05) is 15.9 Å². The number of carbonyl (C=O) groups excluding carboxylic acids is 1. The molecule has 1 fully saturated rings. The summed E-state index contributed by atoms with van der Waals surface area (Å²) in [7, 11) is 1.66. The van der Waals surface area contributed by atoms with Gasteiger partial charge in [0.05, 0.1) is 32.5 Å². The van der Waals surface area contributed by atoms with Crippen LogP contribution in [0.3, 0.4) is 0 Å². The van der Waals surface area contributed by atoms with Gasteiger partial charge in [0.15, 0.2) is 5.78 Å². The summed E-state index contributed by atoms with van der Waals surface area (Å²) in [6.45, 7) is 6.22. The van der Waals surface area contributed by atoms with E-state index in [0.29, 0.717) is 17.9 Å². The Morgan fingerprint density at radius 2 is 1.96 bits per heavy atom. The van der Waals surface area contributed by atoms with Crippen LogP contribution in [0, 0.1) is 0 Å². The molecule has 0 bridgehead atoms. The molecule has 0 amide bonds. The first-order valence-electron chi connectivity index (χ1n) is 8.86. The maximum atomic E-state index is 12.1. The highest BCUT2D eigenvalue weighted by Gasteiger charge is 2.18. The Hall–Kier alpha value is -1.11. The van der Waals surface area contributed by atoms with Crippen molar-refractivity contribution in [3.63, 3.8) is 0 Å². The van der Waals surface area contributed by atoms with E-state index in [-0.39, 0.29) is 5.78 Å². The van der Waals surface area contributed by atoms with Crippen LogP contribution in [-0.4, -0.2) is 56.0 Å². The lowest BCUT2D eigenvalue weighted by Crippen LogP contribution is -2.35. The third kappa shape index (κ3) is 6.28. The van der Waals surface area contributed by atoms with E-state index in [9.17, 15) is 4.79 Å². The van der Waals surface area contributed by atoms with Gasteiger partial charge >= 0.3 is 0 Å². The number of unbranched alkanes of at least 4 members (excludes halogenated alkanes) is 2. The summed E-state index contributed by atoms with van der Waals surface area (Å²) in [5.74, 6) is 1.40. The fourth-order valence-corrected chi connectivity index (χ4v) is 3.27. The Morgan fingerprint density at radius 3 is 2.60 bits per heavy atom. The minimum Gasteiger partial charge on any atom is -0.496 e. The molecule has 1 aliphatic heterocycles. The van der Waals surface area contributed by atoms with E-state index in [1.807, 2.05) is 12.1 Å². The van der Waals surface area contributed by atoms with E-state index in [2.05, 4.69) is 20.8 Å². The number of benzene rings is 1. The molecule has 1 aliphatic rings. The lowest BCUT2D eigenvalue weighted by atomic mass is 10.0. The van der Waals surface area contributed by atoms with Gasteiger partial charge in [0, 0.05) is 36.6 Å². The van der Waals surface area contributed by atoms with Gasteiger partial charge in [-0.3, -0.25) is 9.69 Å². The van der Waals surface area contributed by atoms with Crippen LogP contribution in [0.1, 0.15) is 42.1 Å². The predicted molar refractivity (Wildman–Crippen MR) is 102 cm³/mol. The van der Waals surface area contributed by atoms with Gasteiger partial charge in [0.1, 0.15) is 11.5 Å². The number of ketones is 1. The Bertz CT molecular complexity index is 559. The maximum Gasteiger partial charge on any atom is 0.163 e. The molecule has 0 unspecified atom stereocenters. The Kier molecular flexibility index (Phi) is 8.72. The number of halogens is 1. The number of hydrogen-bond acceptors (Lipinski definition) is 5. The first kappa shape index (κ1) is 20.2. The highest BCUT2D eigenvalue weighted by molar-refractivity contribution is 9.09. The van der Waals surface area contributed by atoms with Crippen molar-refractivity contribution in [1.29, 1.82) is 0 Å². The molecule has 0 radical (unpaired) electrons. The van der Waals surface area contributed by atoms with Gasteiger partial charge in [-0.2, -0.15) is 0 Å². The van der Waals surface area contributed by atoms with Crippen LogP contribution >= 0.6 is 15.9 Å². The number of alkyl halides is 1. The number of morpholine rings is 1. The zero-order valence-electron chi connectivity index (χ0n) is 15.2. The third-order valence-corrected chi connectivity index (χ3v) is 4.86. The number of carbonyl (C=O) groups is 1. The summed E-state index contributed by atoms with van der Waals surface area (Å²) >= 11 is 3.43. The molecule has 6 heteroatoms. The van der Waals surface area contributed by atoms with Crippen LogP contribution in [0.25, 0.3) is 0 Å². The number of Topliss-reactive ketones (excluding diaryl/α,β-unsaturated/α-hetero) is 1. The Labute approximate surface area is 158 Å². The van der Waals surface area contributed by atoms with Crippen molar-refractivity contribution in [3.8, 4) is 11.5 Å². The van der Waals surface area contributed by atoms with Crippen LogP contribution in [-0.2, 0) is 11.3 Å². The summed E-state index contributed by atoms with van der Waals surface area (Å²) in [6, 6.07) is 3.78. The minimum absolute atomic E-state index is 0.0151. The fourth-order valence-electron chi connectivity index (χ4n) is 2.87. The van der Waals surface area contributed by atoms with Gasteiger partial charge in [0.25, 0.3) is 0 Å². The molecule has 0 saturated carbocycles. The SMILES string of the molecule is COc1cc(OCCCCCBr)c(C(C)=O)cc1CN1CCOCC1. The van der Waals surface area contributed by atoms with Gasteiger partial charge in [-0.05, 0) is 32.3 Å². The average Bonchev–Trinajstić information content (AvgIpc) is 2.62. The van der Waals surface area contributed by atoms with Gasteiger partial charge in [0.2, 0.25) is 0 Å². The molecule has 1 heterocycles. The quantitative estimate of drug-likeness (QED) is 0.332. The summed E-state index contributed by atoms with van der Waals surface area (Å²) in [6.07, 6.45) is 3.21. The lowest BCUT2D eigenvalue weighted by molar-refractivity contribution is 0.0338. The van der Waals surface area contributed by atoms with Crippen LogP contribution < -0.4 is 9.47 Å². The van der Waals surface area contributed by atoms with E-state index in [1.165, 1.54) is 0 Å². The molecule has 0 spiro atoms. The molecule has 0 aliphatic carbocycles. The molecule has 1 aromatic carbocycles. The Morgan fingerprint density at radius 1 is 1.20 bits per heavy atom. The van der Waals surface area contributed by atoms with Crippen molar-refractivity contribution >= 4 is 21.7 Å². The van der Waals surface area contributed by atoms with Crippen LogP contribution in [0.5, 0.6) is 11.5 Å². The van der Waals surface area contributed by atoms with E-state index in [0.717, 1.165) is 68.8 Å². The number of nitrogens with zero attached hydrogens (tertiary/aromatic N) is 1. The average molecular weight is 414 g/mol. The van der Waals surface area contributed by atoms with E-state index < -0.39 is 0 Å². The summed E-state index contributed by atoms with van der Waals surface area (Å²) < 4.78 is 16.8. The molecule has 0 aromatic heterocycles. The second kappa shape index (κ2) is 10.8. The molecule has 2 rings (SSSR count). The van der Waals surface area contributed by atoms with Crippen molar-refractivity contribution in [2.75, 3.05) is 45.4 Å². The molecule has 0 atom stereocenters. The Balaban J connectivity index is 2.11. The van der Waals surface area contributed by atoms with Crippen LogP contribution in [0.2, 0.25) is 0 Å². The lowest BCUT2D eigenvalue weighted by Gasteiger charge is -2.27. The van der Waals surface area contributed by atoms with Gasteiger partial charge in [-0.25, -0.2) is 0 Å². The smallest absolute Gasteiger partial charge is 0.163 e. The molecule has 25 heavy (non-hydrogen) atoms. The molecule has 1 aromatic rings. The second-order valence-corrected chi connectivity index (χ2v) is 7.00. The molecule has 0 N–H and O–H groups in total. The number of hydrogen-bond donors (Lipinski definition) is 0. The predicted octanol–water partition coefficient (Wildman–Crippen LogP) is 3.67. The molecule has 5 nitrogen and oxygen atoms in total. The second-order valence-electron chi connectivity index (χ2n) is 6.20. The molecular weight excluding hydrogens is 386 g/mol. The number of rotatable bonds is 10. The van der Waals surface area contributed by atoms with Gasteiger partial charge < -0.3 is 14.2 Å². The van der Waals surface area contributed by atoms with E-state index in [4.69, 9.17) is 14.2 Å². The normalized spacial score (nSPS) is 15.2. The van der Waals surface area contributed by atoms with Crippen molar-refractivity contribution in [1.82, 2.24) is 4.90 Å². The zero-order chi connectivity index (χ0) is 18.1. The van der Waals surface area contributed by atoms with E-state index in [1.54, 1.807) is 14.0 Å². The van der Waals surface area contributed by atoms with Crippen molar-refractivity contribution in [2.45, 2.75) is 32.7 Å². The summed E-state index contributed by atoms with van der Waals surface area (Å²) in [5.41, 5.74) is 1.64.